The molecule has 0 fully saturated rings. The Morgan fingerprint density at radius 2 is 1.65 bits per heavy atom. The maximum Gasteiger partial charge on any atom is 0.263 e. The van der Waals surface area contributed by atoms with Gasteiger partial charge in [-0.3, -0.25) is 4.79 Å². The third-order valence-electron chi connectivity index (χ3n) is 3.73. The van der Waals surface area contributed by atoms with Gasteiger partial charge in [0.15, 0.2) is 6.61 Å². The number of nitrogens with one attached hydrogen (secondary N) is 2. The SMILES string of the molecule is O=C(COc1ccccc1)Nc1ccc(NCCc2ccccc2)cn1. The Morgan fingerprint density at radius 3 is 2.35 bits per heavy atom. The number of benzene rings is 2. The first kappa shape index (κ1) is 17.5. The van der Waals surface area contributed by atoms with Gasteiger partial charge in [-0.15, -0.1) is 0 Å². The van der Waals surface area contributed by atoms with Crippen LogP contribution < -0.4 is 15.4 Å². The second-order valence-electron chi connectivity index (χ2n) is 5.74. The lowest BCUT2D eigenvalue weighted by Crippen LogP contribution is -2.20. The predicted molar refractivity (Wildman–Crippen MR) is 103 cm³/mol. The molecule has 0 aliphatic rings. The van der Waals surface area contributed by atoms with Crippen molar-refractivity contribution < 1.29 is 9.53 Å². The zero-order valence-corrected chi connectivity index (χ0v) is 14.4. The number of rotatable bonds is 8. The van der Waals surface area contributed by atoms with E-state index in [2.05, 4.69) is 27.8 Å². The van der Waals surface area contributed by atoms with Crippen LogP contribution in [0.5, 0.6) is 5.75 Å². The number of carbonyl (C=O) groups is 1. The van der Waals surface area contributed by atoms with Crippen molar-refractivity contribution in [3.05, 3.63) is 84.6 Å². The molecule has 0 spiro atoms. The smallest absolute Gasteiger partial charge is 0.263 e. The average Bonchev–Trinajstić information content (AvgIpc) is 2.69. The summed E-state index contributed by atoms with van der Waals surface area (Å²) in [6, 6.07) is 23.2. The molecule has 5 heteroatoms. The van der Waals surface area contributed by atoms with Crippen LogP contribution in [0.4, 0.5) is 11.5 Å². The number of hydrogen-bond acceptors (Lipinski definition) is 4. The lowest BCUT2D eigenvalue weighted by atomic mass is 10.1. The van der Waals surface area contributed by atoms with Gasteiger partial charge in [-0.05, 0) is 36.2 Å². The van der Waals surface area contributed by atoms with E-state index in [1.165, 1.54) is 5.56 Å². The summed E-state index contributed by atoms with van der Waals surface area (Å²) in [5.74, 6) is 0.917. The summed E-state index contributed by atoms with van der Waals surface area (Å²) in [6.07, 6.45) is 2.65. The van der Waals surface area contributed by atoms with Crippen LogP contribution in [0.3, 0.4) is 0 Å². The van der Waals surface area contributed by atoms with E-state index in [0.717, 1.165) is 18.7 Å². The van der Waals surface area contributed by atoms with Gasteiger partial charge in [0.2, 0.25) is 0 Å². The van der Waals surface area contributed by atoms with Gasteiger partial charge in [-0.25, -0.2) is 4.98 Å². The summed E-state index contributed by atoms with van der Waals surface area (Å²) in [6.45, 7) is 0.769. The maximum absolute atomic E-state index is 11.9. The molecule has 0 unspecified atom stereocenters. The molecule has 5 nitrogen and oxygen atoms in total. The Morgan fingerprint density at radius 1 is 0.923 bits per heavy atom. The normalized spacial score (nSPS) is 10.2. The fourth-order valence-corrected chi connectivity index (χ4v) is 2.41. The molecule has 0 bridgehead atoms. The highest BCUT2D eigenvalue weighted by Gasteiger charge is 2.04. The van der Waals surface area contributed by atoms with Crippen LogP contribution in [0.15, 0.2) is 79.0 Å². The molecule has 132 valence electrons. The molecule has 3 aromatic rings. The van der Waals surface area contributed by atoms with Crippen LogP contribution in [-0.4, -0.2) is 24.0 Å². The van der Waals surface area contributed by atoms with Crippen LogP contribution in [0, 0.1) is 0 Å². The zero-order chi connectivity index (χ0) is 18.0. The topological polar surface area (TPSA) is 63.2 Å². The minimum absolute atomic E-state index is 0.0528. The van der Waals surface area contributed by atoms with Crippen LogP contribution in [0.2, 0.25) is 0 Å². The molecule has 0 aliphatic heterocycles. The summed E-state index contributed by atoms with van der Waals surface area (Å²) in [5.41, 5.74) is 2.20. The Bertz CT molecular complexity index is 806. The molecule has 2 aromatic carbocycles. The first-order valence-corrected chi connectivity index (χ1v) is 8.51. The molecule has 0 aliphatic carbocycles. The number of amides is 1. The molecule has 2 N–H and O–H groups in total. The second-order valence-corrected chi connectivity index (χ2v) is 5.74. The Balaban J connectivity index is 1.41. The molecule has 1 aromatic heterocycles. The van der Waals surface area contributed by atoms with Gasteiger partial charge in [0.25, 0.3) is 5.91 Å². The van der Waals surface area contributed by atoms with Crippen molar-refractivity contribution >= 4 is 17.4 Å². The number of aromatic nitrogens is 1. The molecule has 0 radical (unpaired) electrons. The van der Waals surface area contributed by atoms with E-state index >= 15 is 0 Å². The summed E-state index contributed by atoms with van der Waals surface area (Å²) in [5, 5.41) is 6.04. The highest BCUT2D eigenvalue weighted by Crippen LogP contribution is 2.11. The van der Waals surface area contributed by atoms with Gasteiger partial charge < -0.3 is 15.4 Å². The van der Waals surface area contributed by atoms with Crippen molar-refractivity contribution in [2.24, 2.45) is 0 Å². The lowest BCUT2D eigenvalue weighted by molar-refractivity contribution is -0.118. The summed E-state index contributed by atoms with van der Waals surface area (Å²) in [7, 11) is 0. The van der Waals surface area contributed by atoms with Crippen molar-refractivity contribution in [2.45, 2.75) is 6.42 Å². The van der Waals surface area contributed by atoms with Crippen molar-refractivity contribution in [3.8, 4) is 5.75 Å². The molecule has 26 heavy (non-hydrogen) atoms. The molecule has 3 rings (SSSR count). The number of para-hydroxylation sites is 1. The molecule has 1 amide bonds. The first-order valence-electron chi connectivity index (χ1n) is 8.51. The third kappa shape index (κ3) is 5.63. The van der Waals surface area contributed by atoms with E-state index in [1.54, 1.807) is 24.4 Å². The lowest BCUT2D eigenvalue weighted by Gasteiger charge is -2.09. The third-order valence-corrected chi connectivity index (χ3v) is 3.73. The van der Waals surface area contributed by atoms with Gasteiger partial charge in [0, 0.05) is 6.54 Å². The Kier molecular flexibility index (Phi) is 6.20. The number of carbonyl (C=O) groups excluding carboxylic acids is 1. The fourth-order valence-electron chi connectivity index (χ4n) is 2.41. The number of nitrogens with zero attached hydrogens (tertiary/aromatic N) is 1. The molecule has 0 atom stereocenters. The van der Waals surface area contributed by atoms with Gasteiger partial charge in [-0.2, -0.15) is 0 Å². The van der Waals surface area contributed by atoms with Crippen LogP contribution >= 0.6 is 0 Å². The maximum atomic E-state index is 11.9. The van der Waals surface area contributed by atoms with Crippen molar-refractivity contribution in [3.63, 3.8) is 0 Å². The first-order chi connectivity index (χ1) is 12.8. The number of anilines is 2. The van der Waals surface area contributed by atoms with Gasteiger partial charge in [0.1, 0.15) is 11.6 Å². The van der Waals surface area contributed by atoms with E-state index < -0.39 is 0 Å². The minimum atomic E-state index is -0.244. The Hall–Kier alpha value is -3.34. The van der Waals surface area contributed by atoms with Crippen LogP contribution in [0.25, 0.3) is 0 Å². The average molecular weight is 347 g/mol. The van der Waals surface area contributed by atoms with Gasteiger partial charge >= 0.3 is 0 Å². The quantitative estimate of drug-likeness (QED) is 0.651. The summed E-state index contributed by atoms with van der Waals surface area (Å²) in [4.78, 5) is 16.2. The molecule has 0 saturated heterocycles. The van der Waals surface area contributed by atoms with Crippen LogP contribution in [-0.2, 0) is 11.2 Å². The van der Waals surface area contributed by atoms with Crippen molar-refractivity contribution in [2.75, 3.05) is 23.8 Å². The van der Waals surface area contributed by atoms with Crippen LogP contribution in [0.1, 0.15) is 5.56 Å². The number of ether oxygens (including phenoxy) is 1. The fraction of sp³-hybridized carbons (Fsp3) is 0.143. The highest BCUT2D eigenvalue weighted by molar-refractivity contribution is 5.91. The molecule has 1 heterocycles. The van der Waals surface area contributed by atoms with E-state index in [9.17, 15) is 4.79 Å². The van der Waals surface area contributed by atoms with Crippen molar-refractivity contribution in [1.29, 1.82) is 0 Å². The van der Waals surface area contributed by atoms with Gasteiger partial charge in [0.05, 0.1) is 11.9 Å². The number of pyridine rings is 1. The van der Waals surface area contributed by atoms with E-state index in [1.807, 2.05) is 42.5 Å². The zero-order valence-electron chi connectivity index (χ0n) is 14.4. The predicted octanol–water partition coefficient (Wildman–Crippen LogP) is 3.75. The highest BCUT2D eigenvalue weighted by atomic mass is 16.5. The minimum Gasteiger partial charge on any atom is -0.484 e. The molecule has 0 saturated carbocycles. The van der Waals surface area contributed by atoms with Gasteiger partial charge in [-0.1, -0.05) is 48.5 Å². The monoisotopic (exact) mass is 347 g/mol. The van der Waals surface area contributed by atoms with E-state index in [4.69, 9.17) is 4.74 Å². The number of hydrogen-bond donors (Lipinski definition) is 2. The largest absolute Gasteiger partial charge is 0.484 e. The van der Waals surface area contributed by atoms with E-state index in [0.29, 0.717) is 11.6 Å². The van der Waals surface area contributed by atoms with Crippen molar-refractivity contribution in [1.82, 2.24) is 4.98 Å². The summed E-state index contributed by atoms with van der Waals surface area (Å²) < 4.78 is 5.41. The summed E-state index contributed by atoms with van der Waals surface area (Å²) >= 11 is 0. The van der Waals surface area contributed by atoms with E-state index in [-0.39, 0.29) is 12.5 Å². The molecular formula is C21H21N3O2. The standard InChI is InChI=1S/C21H21N3O2/c25-21(16-26-19-9-5-2-6-10-19)24-20-12-11-18(15-23-20)22-14-13-17-7-3-1-4-8-17/h1-12,15,22H,13-14,16H2,(H,23,24,25). The second kappa shape index (κ2) is 9.22. The Labute approximate surface area is 153 Å². The molecular weight excluding hydrogens is 326 g/mol.